The molecule has 1 aromatic rings. The molecule has 0 amide bonds. The summed E-state index contributed by atoms with van der Waals surface area (Å²) in [6.45, 7) is 4.16. The van der Waals surface area contributed by atoms with Crippen LogP contribution in [0.3, 0.4) is 0 Å². The van der Waals surface area contributed by atoms with Crippen molar-refractivity contribution in [3.63, 3.8) is 0 Å². The fraction of sp³-hybridized carbons (Fsp3) is 0.556. The van der Waals surface area contributed by atoms with E-state index in [0.717, 1.165) is 3.79 Å². The topological polar surface area (TPSA) is 72.2 Å². The highest BCUT2D eigenvalue weighted by Gasteiger charge is 2.22. The van der Waals surface area contributed by atoms with Crippen LogP contribution in [0.15, 0.2) is 20.1 Å². The quantitative estimate of drug-likeness (QED) is 0.866. The lowest BCUT2D eigenvalue weighted by Crippen LogP contribution is -2.43. The van der Waals surface area contributed by atoms with E-state index < -0.39 is 10.0 Å². The van der Waals surface area contributed by atoms with Gasteiger partial charge in [-0.3, -0.25) is 0 Å². The third-order valence-corrected chi connectivity index (χ3v) is 5.78. The highest BCUT2D eigenvalue weighted by atomic mass is 79.9. The minimum atomic E-state index is -3.44. The Hall–Kier alpha value is 0.0500. The molecule has 0 aliphatic heterocycles. The van der Waals surface area contributed by atoms with E-state index in [2.05, 4.69) is 20.7 Å². The van der Waals surface area contributed by atoms with E-state index in [1.165, 1.54) is 11.3 Å². The first-order valence-corrected chi connectivity index (χ1v) is 7.94. The van der Waals surface area contributed by atoms with Crippen LogP contribution in [0, 0.1) is 5.92 Å². The summed E-state index contributed by atoms with van der Waals surface area (Å²) in [5.41, 5.74) is 5.53. The molecule has 0 radical (unpaired) electrons. The van der Waals surface area contributed by atoms with Crippen LogP contribution in [0.1, 0.15) is 13.8 Å². The second kappa shape index (κ2) is 5.59. The van der Waals surface area contributed by atoms with Gasteiger partial charge >= 0.3 is 0 Å². The number of halogens is 1. The Bertz CT molecular complexity index is 442. The van der Waals surface area contributed by atoms with Crippen molar-refractivity contribution in [2.24, 2.45) is 11.7 Å². The van der Waals surface area contributed by atoms with Crippen molar-refractivity contribution in [1.82, 2.24) is 4.72 Å². The molecule has 4 nitrogen and oxygen atoms in total. The van der Waals surface area contributed by atoms with Crippen LogP contribution in [-0.4, -0.2) is 21.0 Å². The number of rotatable bonds is 5. The van der Waals surface area contributed by atoms with Gasteiger partial charge in [0.15, 0.2) is 0 Å². The summed E-state index contributed by atoms with van der Waals surface area (Å²) in [5, 5.41) is 0. The van der Waals surface area contributed by atoms with Crippen LogP contribution in [-0.2, 0) is 10.0 Å². The summed E-state index contributed by atoms with van der Waals surface area (Å²) in [4.78, 5) is 0. The highest BCUT2D eigenvalue weighted by molar-refractivity contribution is 9.11. The molecule has 0 spiro atoms. The van der Waals surface area contributed by atoms with Gasteiger partial charge in [0.1, 0.15) is 4.21 Å². The smallest absolute Gasteiger partial charge is 0.250 e. The zero-order valence-corrected chi connectivity index (χ0v) is 12.3. The molecule has 0 aliphatic rings. The number of nitrogens with two attached hydrogens (primary N) is 1. The first-order valence-electron chi connectivity index (χ1n) is 4.84. The van der Waals surface area contributed by atoms with E-state index in [9.17, 15) is 8.42 Å². The molecule has 0 aromatic carbocycles. The van der Waals surface area contributed by atoms with Gasteiger partial charge in [-0.25, -0.2) is 13.1 Å². The van der Waals surface area contributed by atoms with Crippen molar-refractivity contribution in [1.29, 1.82) is 0 Å². The predicted molar refractivity (Wildman–Crippen MR) is 70.0 cm³/mol. The van der Waals surface area contributed by atoms with Crippen molar-refractivity contribution in [3.05, 3.63) is 15.9 Å². The predicted octanol–water partition coefficient (Wildman–Crippen LogP) is 1.77. The zero-order valence-electron chi connectivity index (χ0n) is 9.10. The van der Waals surface area contributed by atoms with Gasteiger partial charge in [-0.1, -0.05) is 13.8 Å². The van der Waals surface area contributed by atoms with Crippen molar-refractivity contribution in [3.8, 4) is 0 Å². The van der Waals surface area contributed by atoms with Crippen molar-refractivity contribution < 1.29 is 8.42 Å². The Kier molecular flexibility index (Phi) is 4.93. The number of sulfonamides is 1. The average molecular weight is 327 g/mol. The van der Waals surface area contributed by atoms with E-state index in [4.69, 9.17) is 5.73 Å². The fourth-order valence-electron chi connectivity index (χ4n) is 1.16. The Morgan fingerprint density at radius 3 is 2.50 bits per heavy atom. The molecule has 0 aliphatic carbocycles. The third-order valence-electron chi connectivity index (χ3n) is 2.18. The lowest BCUT2D eigenvalue weighted by molar-refractivity contribution is 0.455. The first kappa shape index (κ1) is 14.1. The largest absolute Gasteiger partial charge is 0.329 e. The number of thiophene rings is 1. The molecular formula is C9H15BrN2O2S2. The molecule has 92 valence electrons. The molecule has 16 heavy (non-hydrogen) atoms. The molecule has 0 saturated carbocycles. The molecule has 1 aromatic heterocycles. The maximum atomic E-state index is 11.9. The van der Waals surface area contributed by atoms with Gasteiger partial charge in [0.2, 0.25) is 10.0 Å². The van der Waals surface area contributed by atoms with E-state index in [-0.39, 0.29) is 12.0 Å². The van der Waals surface area contributed by atoms with Gasteiger partial charge < -0.3 is 5.73 Å². The van der Waals surface area contributed by atoms with Gasteiger partial charge in [-0.15, -0.1) is 11.3 Å². The molecule has 0 saturated heterocycles. The Labute approximate surface area is 108 Å². The summed E-state index contributed by atoms with van der Waals surface area (Å²) >= 11 is 4.42. The molecule has 1 rings (SSSR count). The molecule has 1 atom stereocenters. The summed E-state index contributed by atoms with van der Waals surface area (Å²) in [5.74, 6) is 0.170. The summed E-state index contributed by atoms with van der Waals surface area (Å²) < 4.78 is 27.6. The molecule has 0 fully saturated rings. The maximum absolute atomic E-state index is 11.9. The zero-order chi connectivity index (χ0) is 12.3. The van der Waals surface area contributed by atoms with E-state index in [1.54, 1.807) is 12.1 Å². The number of hydrogen-bond donors (Lipinski definition) is 2. The summed E-state index contributed by atoms with van der Waals surface area (Å²) in [6, 6.07) is 3.06. The van der Waals surface area contributed by atoms with Crippen molar-refractivity contribution in [2.45, 2.75) is 24.1 Å². The lowest BCUT2D eigenvalue weighted by Gasteiger charge is -2.19. The Balaban J connectivity index is 2.87. The molecule has 1 heterocycles. The summed E-state index contributed by atoms with van der Waals surface area (Å²) in [6.07, 6.45) is 0. The minimum Gasteiger partial charge on any atom is -0.329 e. The van der Waals surface area contributed by atoms with Gasteiger partial charge in [0.25, 0.3) is 0 Å². The second-order valence-electron chi connectivity index (χ2n) is 3.77. The van der Waals surface area contributed by atoms with E-state index in [0.29, 0.717) is 10.8 Å². The fourth-order valence-corrected chi connectivity index (χ4v) is 4.58. The number of hydrogen-bond acceptors (Lipinski definition) is 4. The van der Waals surface area contributed by atoms with Gasteiger partial charge in [0, 0.05) is 12.6 Å². The van der Waals surface area contributed by atoms with Crippen molar-refractivity contribution >= 4 is 37.3 Å². The molecule has 3 N–H and O–H groups in total. The summed E-state index contributed by atoms with van der Waals surface area (Å²) in [7, 11) is -3.44. The number of nitrogens with one attached hydrogen (secondary N) is 1. The third kappa shape index (κ3) is 3.53. The Morgan fingerprint density at radius 1 is 1.50 bits per heavy atom. The molecular weight excluding hydrogens is 312 g/mol. The normalized spacial score (nSPS) is 14.3. The Morgan fingerprint density at radius 2 is 2.12 bits per heavy atom. The van der Waals surface area contributed by atoms with Gasteiger partial charge in [-0.05, 0) is 34.0 Å². The lowest BCUT2D eigenvalue weighted by atomic mass is 10.1. The standard InChI is InChI=1S/C9H15BrN2O2S2/c1-6(2)7(5-11)12-16(13,14)9-4-3-8(10)15-9/h3-4,6-7,12H,5,11H2,1-2H3. The van der Waals surface area contributed by atoms with Gasteiger partial charge in [0.05, 0.1) is 3.79 Å². The second-order valence-corrected chi connectivity index (χ2v) is 8.17. The van der Waals surface area contributed by atoms with Crippen LogP contribution >= 0.6 is 27.3 Å². The maximum Gasteiger partial charge on any atom is 0.250 e. The van der Waals surface area contributed by atoms with Crippen molar-refractivity contribution in [2.75, 3.05) is 6.54 Å². The highest BCUT2D eigenvalue weighted by Crippen LogP contribution is 2.26. The van der Waals surface area contributed by atoms with Crippen LogP contribution < -0.4 is 10.5 Å². The molecule has 7 heteroatoms. The van der Waals surface area contributed by atoms with Gasteiger partial charge in [-0.2, -0.15) is 0 Å². The molecule has 0 bridgehead atoms. The van der Waals surface area contributed by atoms with Crippen LogP contribution in [0.2, 0.25) is 0 Å². The SMILES string of the molecule is CC(C)C(CN)NS(=O)(=O)c1ccc(Br)s1. The average Bonchev–Trinajstić information content (AvgIpc) is 2.61. The minimum absolute atomic E-state index is 0.170. The van der Waals surface area contributed by atoms with Crippen LogP contribution in [0.5, 0.6) is 0 Å². The van der Waals surface area contributed by atoms with Crippen LogP contribution in [0.25, 0.3) is 0 Å². The monoisotopic (exact) mass is 326 g/mol. The van der Waals surface area contributed by atoms with E-state index in [1.807, 2.05) is 13.8 Å². The molecule has 1 unspecified atom stereocenters. The van der Waals surface area contributed by atoms with E-state index >= 15 is 0 Å². The van der Waals surface area contributed by atoms with Crippen LogP contribution in [0.4, 0.5) is 0 Å². The first-order chi connectivity index (χ1) is 7.36.